The predicted molar refractivity (Wildman–Crippen MR) is 79.6 cm³/mol. The molecule has 0 atom stereocenters. The minimum absolute atomic E-state index is 0.178. The van der Waals surface area contributed by atoms with Gasteiger partial charge in [-0.15, -0.1) is 0 Å². The van der Waals surface area contributed by atoms with Gasteiger partial charge in [-0.2, -0.15) is 4.98 Å². The molecule has 3 rings (SSSR count). The third-order valence-corrected chi connectivity index (χ3v) is 5.12. The summed E-state index contributed by atoms with van der Waals surface area (Å²) in [6, 6.07) is 7.43. The van der Waals surface area contributed by atoms with Crippen molar-refractivity contribution in [3.8, 4) is 0 Å². The van der Waals surface area contributed by atoms with E-state index in [2.05, 4.69) is 10.1 Å². The number of benzene rings is 1. The summed E-state index contributed by atoms with van der Waals surface area (Å²) in [6.07, 6.45) is 1.66. The van der Waals surface area contributed by atoms with Crippen LogP contribution in [0.2, 0.25) is 5.02 Å². The molecule has 5 nitrogen and oxygen atoms in total. The van der Waals surface area contributed by atoms with Crippen molar-refractivity contribution >= 4 is 27.0 Å². The lowest BCUT2D eigenvalue weighted by molar-refractivity contribution is 0.400. The van der Waals surface area contributed by atoms with E-state index >= 15 is 0 Å². The minimum Gasteiger partial charge on any atom is -0.334 e. The lowest BCUT2D eigenvalue weighted by atomic mass is 10.1. The molecule has 0 amide bonds. The van der Waals surface area contributed by atoms with Crippen LogP contribution < -0.4 is 0 Å². The van der Waals surface area contributed by atoms with Crippen LogP contribution in [-0.2, 0) is 16.3 Å². The van der Waals surface area contributed by atoms with E-state index < -0.39 is 9.84 Å². The molecule has 0 N–H and O–H groups in total. The van der Waals surface area contributed by atoms with Gasteiger partial charge in [0.05, 0.1) is 5.75 Å². The van der Waals surface area contributed by atoms with Gasteiger partial charge in [0.1, 0.15) is 0 Å². The van der Waals surface area contributed by atoms with Gasteiger partial charge in [0.2, 0.25) is 0 Å². The second-order valence-corrected chi connectivity index (χ2v) is 7.27. The fraction of sp³-hybridized carbons (Fsp3) is 0.286. The molecule has 0 fully saturated rings. The quantitative estimate of drug-likeness (QED) is 0.868. The molecular formula is C14H13ClN2O3S. The van der Waals surface area contributed by atoms with Gasteiger partial charge in [-0.1, -0.05) is 35.0 Å². The first-order valence-corrected chi connectivity index (χ1v) is 8.62. The van der Waals surface area contributed by atoms with Gasteiger partial charge in [0, 0.05) is 22.4 Å². The zero-order valence-corrected chi connectivity index (χ0v) is 12.7. The van der Waals surface area contributed by atoms with Crippen LogP contribution in [0.4, 0.5) is 0 Å². The van der Waals surface area contributed by atoms with Crippen molar-refractivity contribution in [2.24, 2.45) is 0 Å². The van der Waals surface area contributed by atoms with Gasteiger partial charge >= 0.3 is 0 Å². The number of sulfone groups is 1. The van der Waals surface area contributed by atoms with Crippen LogP contribution in [0.25, 0.3) is 5.57 Å². The Balaban J connectivity index is 1.84. The number of hydrogen-bond donors (Lipinski definition) is 0. The number of nitrogens with zero attached hydrogens (tertiary/aromatic N) is 2. The zero-order chi connectivity index (χ0) is 14.9. The number of aromatic nitrogens is 2. The van der Waals surface area contributed by atoms with Crippen LogP contribution >= 0.6 is 11.6 Å². The molecule has 1 aliphatic heterocycles. The van der Waals surface area contributed by atoms with E-state index in [-0.39, 0.29) is 11.6 Å². The second-order valence-electron chi connectivity index (χ2n) is 4.90. The van der Waals surface area contributed by atoms with E-state index in [9.17, 15) is 8.42 Å². The Morgan fingerprint density at radius 3 is 2.86 bits per heavy atom. The van der Waals surface area contributed by atoms with Gasteiger partial charge in [0.15, 0.2) is 15.7 Å². The maximum absolute atomic E-state index is 11.6. The van der Waals surface area contributed by atoms with E-state index in [1.165, 1.54) is 5.41 Å². The number of hydrogen-bond acceptors (Lipinski definition) is 5. The van der Waals surface area contributed by atoms with Crippen LogP contribution in [0.3, 0.4) is 0 Å². The third kappa shape index (κ3) is 3.33. The van der Waals surface area contributed by atoms with Crippen molar-refractivity contribution in [1.29, 1.82) is 0 Å². The molecule has 2 heterocycles. The molecule has 0 unspecified atom stereocenters. The zero-order valence-electron chi connectivity index (χ0n) is 11.1. The standard InChI is InChI=1S/C14H13ClN2O3S/c15-12-6-2-1-4-10(12)8-13-16-14(20-17-13)11-5-3-7-21(18,19)9-11/h1-2,4,6,9H,3,5,7-8H2. The average molecular weight is 325 g/mol. The van der Waals surface area contributed by atoms with Crippen molar-refractivity contribution in [3.63, 3.8) is 0 Å². The van der Waals surface area contributed by atoms with E-state index in [0.29, 0.717) is 35.7 Å². The number of rotatable bonds is 3. The smallest absolute Gasteiger partial charge is 0.254 e. The van der Waals surface area contributed by atoms with Gasteiger partial charge in [-0.05, 0) is 24.5 Å². The molecule has 0 saturated carbocycles. The third-order valence-electron chi connectivity index (χ3n) is 3.25. The summed E-state index contributed by atoms with van der Waals surface area (Å²) < 4.78 is 28.4. The van der Waals surface area contributed by atoms with Crippen molar-refractivity contribution in [3.05, 3.63) is 52.0 Å². The predicted octanol–water partition coefficient (Wildman–Crippen LogP) is 2.86. The second kappa shape index (κ2) is 5.61. The first kappa shape index (κ1) is 14.3. The highest BCUT2D eigenvalue weighted by Gasteiger charge is 2.21. The molecule has 0 bridgehead atoms. The molecule has 0 spiro atoms. The average Bonchev–Trinajstić information content (AvgIpc) is 2.89. The SMILES string of the molecule is O=S1(=O)C=C(c2nc(Cc3ccccc3Cl)no2)CCC1. The molecule has 0 aliphatic carbocycles. The van der Waals surface area contributed by atoms with Crippen LogP contribution in [-0.4, -0.2) is 24.3 Å². The molecule has 21 heavy (non-hydrogen) atoms. The first-order chi connectivity index (χ1) is 10.0. The van der Waals surface area contributed by atoms with Gasteiger partial charge in [0.25, 0.3) is 5.89 Å². The van der Waals surface area contributed by atoms with Crippen molar-refractivity contribution < 1.29 is 12.9 Å². The summed E-state index contributed by atoms with van der Waals surface area (Å²) >= 11 is 6.09. The van der Waals surface area contributed by atoms with E-state index in [1.807, 2.05) is 18.2 Å². The molecule has 0 radical (unpaired) electrons. The summed E-state index contributed by atoms with van der Waals surface area (Å²) in [5, 5.41) is 5.78. The summed E-state index contributed by atoms with van der Waals surface area (Å²) in [4.78, 5) is 4.27. The largest absolute Gasteiger partial charge is 0.334 e. The van der Waals surface area contributed by atoms with Crippen molar-refractivity contribution in [1.82, 2.24) is 10.1 Å². The Morgan fingerprint density at radius 2 is 2.10 bits per heavy atom. The van der Waals surface area contributed by atoms with Crippen LogP contribution in [0.15, 0.2) is 34.2 Å². The van der Waals surface area contributed by atoms with Crippen LogP contribution in [0, 0.1) is 0 Å². The number of allylic oxidation sites excluding steroid dienone is 1. The van der Waals surface area contributed by atoms with E-state index in [0.717, 1.165) is 5.56 Å². The fourth-order valence-corrected chi connectivity index (χ4v) is 3.74. The number of halogens is 1. The van der Waals surface area contributed by atoms with Crippen LogP contribution in [0.5, 0.6) is 0 Å². The van der Waals surface area contributed by atoms with Gasteiger partial charge in [-0.3, -0.25) is 0 Å². The highest BCUT2D eigenvalue weighted by molar-refractivity contribution is 7.94. The highest BCUT2D eigenvalue weighted by atomic mass is 35.5. The highest BCUT2D eigenvalue weighted by Crippen LogP contribution is 2.25. The normalized spacial score (nSPS) is 17.5. The molecule has 1 aliphatic rings. The summed E-state index contributed by atoms with van der Waals surface area (Å²) in [7, 11) is -3.15. The molecule has 7 heteroatoms. The minimum atomic E-state index is -3.15. The lowest BCUT2D eigenvalue weighted by Gasteiger charge is -2.08. The Labute approximate surface area is 127 Å². The summed E-state index contributed by atoms with van der Waals surface area (Å²) in [5.74, 6) is 0.944. The Kier molecular flexibility index (Phi) is 3.82. The molecule has 2 aromatic rings. The lowest BCUT2D eigenvalue weighted by Crippen LogP contribution is -2.09. The van der Waals surface area contributed by atoms with E-state index in [4.69, 9.17) is 16.1 Å². The fourth-order valence-electron chi connectivity index (χ4n) is 2.22. The molecule has 1 aromatic heterocycles. The Hall–Kier alpha value is -1.66. The van der Waals surface area contributed by atoms with Gasteiger partial charge < -0.3 is 4.52 Å². The van der Waals surface area contributed by atoms with Crippen molar-refractivity contribution in [2.75, 3.05) is 5.75 Å². The Bertz CT molecular complexity index is 796. The van der Waals surface area contributed by atoms with E-state index in [1.54, 1.807) is 6.07 Å². The molecule has 1 aromatic carbocycles. The first-order valence-electron chi connectivity index (χ1n) is 6.53. The van der Waals surface area contributed by atoms with Gasteiger partial charge in [-0.25, -0.2) is 8.42 Å². The maximum Gasteiger partial charge on any atom is 0.254 e. The maximum atomic E-state index is 11.6. The molecule has 0 saturated heterocycles. The Morgan fingerprint density at radius 1 is 1.29 bits per heavy atom. The van der Waals surface area contributed by atoms with Crippen molar-refractivity contribution in [2.45, 2.75) is 19.3 Å². The topological polar surface area (TPSA) is 73.1 Å². The molecule has 110 valence electrons. The van der Waals surface area contributed by atoms with Crippen LogP contribution in [0.1, 0.15) is 30.1 Å². The molecular weight excluding hydrogens is 312 g/mol. The monoisotopic (exact) mass is 324 g/mol. The summed E-state index contributed by atoms with van der Waals surface area (Å²) in [6.45, 7) is 0. The summed E-state index contributed by atoms with van der Waals surface area (Å²) in [5.41, 5.74) is 1.48.